The van der Waals surface area contributed by atoms with E-state index in [-0.39, 0.29) is 5.92 Å². The van der Waals surface area contributed by atoms with Gasteiger partial charge in [-0.25, -0.2) is 0 Å². The minimum Gasteiger partial charge on any atom is -0.481 e. The third-order valence-electron chi connectivity index (χ3n) is 2.71. The summed E-state index contributed by atoms with van der Waals surface area (Å²) in [6, 6.07) is 4.91. The first-order valence-corrected chi connectivity index (χ1v) is 5.53. The Labute approximate surface area is 102 Å². The van der Waals surface area contributed by atoms with E-state index in [1.807, 2.05) is 0 Å². The predicted molar refractivity (Wildman–Crippen MR) is 62.5 cm³/mol. The summed E-state index contributed by atoms with van der Waals surface area (Å²) in [5.74, 6) is -1.44. The summed E-state index contributed by atoms with van der Waals surface area (Å²) < 4.78 is 0. The van der Waals surface area contributed by atoms with E-state index < -0.39 is 11.9 Å². The van der Waals surface area contributed by atoms with Gasteiger partial charge in [-0.15, -0.1) is 0 Å². The maximum atomic E-state index is 10.7. The van der Waals surface area contributed by atoms with Crippen LogP contribution >= 0.6 is 23.2 Å². The summed E-state index contributed by atoms with van der Waals surface area (Å²) in [5.41, 5.74) is 0.967. The summed E-state index contributed by atoms with van der Waals surface area (Å²) >= 11 is 11.6. The molecule has 2 rings (SSSR count). The smallest absolute Gasteiger partial charge is 0.307 e. The molecule has 0 bridgehead atoms. The Balaban J connectivity index is 2.17. The molecule has 0 spiro atoms. The fourth-order valence-corrected chi connectivity index (χ4v) is 1.96. The van der Waals surface area contributed by atoms with Gasteiger partial charge in [-0.3, -0.25) is 4.79 Å². The van der Waals surface area contributed by atoms with Gasteiger partial charge in [-0.2, -0.15) is 0 Å². The molecule has 0 radical (unpaired) electrons. The van der Waals surface area contributed by atoms with Crippen molar-refractivity contribution in [3.05, 3.63) is 33.8 Å². The lowest BCUT2D eigenvalue weighted by atomic mass is 10.1. The van der Waals surface area contributed by atoms with Crippen molar-refractivity contribution < 1.29 is 9.90 Å². The summed E-state index contributed by atoms with van der Waals surface area (Å²) in [4.78, 5) is 10.7. The third kappa shape index (κ3) is 2.06. The van der Waals surface area contributed by atoms with Crippen LogP contribution in [-0.2, 0) is 4.79 Å². The second-order valence-electron chi connectivity index (χ2n) is 3.83. The highest BCUT2D eigenvalue weighted by Gasteiger charge is 2.46. The Morgan fingerprint density at radius 3 is 2.50 bits per heavy atom. The van der Waals surface area contributed by atoms with E-state index in [0.29, 0.717) is 27.7 Å². The first kappa shape index (κ1) is 11.4. The van der Waals surface area contributed by atoms with Gasteiger partial charge in [-0.05, 0) is 24.1 Å². The topological polar surface area (TPSA) is 61.2 Å². The van der Waals surface area contributed by atoms with Gasteiger partial charge in [0, 0.05) is 11.6 Å². The van der Waals surface area contributed by atoms with Crippen molar-refractivity contribution in [3.63, 3.8) is 0 Å². The first-order chi connectivity index (χ1) is 7.50. The van der Waals surface area contributed by atoms with Crippen molar-refractivity contribution in [3.8, 4) is 0 Å². The number of carboxylic acid groups (broad SMARTS) is 1. The van der Waals surface area contributed by atoms with Gasteiger partial charge in [0.15, 0.2) is 0 Å². The molecule has 1 aromatic carbocycles. The van der Waals surface area contributed by atoms with Gasteiger partial charge in [0.05, 0.1) is 16.0 Å². The Kier molecular flexibility index (Phi) is 2.91. The molecule has 84 valence electrons. The molecule has 2 atom stereocenters. The van der Waals surface area contributed by atoms with E-state index in [1.165, 1.54) is 0 Å². The van der Waals surface area contributed by atoms with Crippen LogP contribution in [0, 0.1) is 17.2 Å². The number of hydrogen-bond donors (Lipinski definition) is 2. The molecule has 1 aromatic rings. The lowest BCUT2D eigenvalue weighted by Crippen LogP contribution is -2.08. The fraction of sp³-hybridized carbons (Fsp3) is 0.273. The molecule has 0 aromatic heterocycles. The maximum Gasteiger partial charge on any atom is 0.307 e. The average Bonchev–Trinajstić information content (AvgIpc) is 3.01. The number of nitrogens with one attached hydrogen (secondary N) is 1. The quantitative estimate of drug-likeness (QED) is 0.818. The highest BCUT2D eigenvalue weighted by molar-refractivity contribution is 6.42. The Bertz CT molecular complexity index is 473. The zero-order valence-electron chi connectivity index (χ0n) is 8.21. The molecule has 1 aliphatic carbocycles. The number of carboxylic acids is 1. The van der Waals surface area contributed by atoms with Gasteiger partial charge in [0.25, 0.3) is 0 Å². The first-order valence-electron chi connectivity index (χ1n) is 4.77. The lowest BCUT2D eigenvalue weighted by molar-refractivity contribution is -0.138. The Morgan fingerprint density at radius 2 is 2.00 bits per heavy atom. The highest BCUT2D eigenvalue weighted by atomic mass is 35.5. The van der Waals surface area contributed by atoms with Crippen LogP contribution in [-0.4, -0.2) is 16.8 Å². The van der Waals surface area contributed by atoms with Crippen LogP contribution in [0.2, 0.25) is 10.0 Å². The monoisotopic (exact) mass is 257 g/mol. The molecule has 3 nitrogen and oxygen atoms in total. The minimum atomic E-state index is -0.838. The van der Waals surface area contributed by atoms with Crippen molar-refractivity contribution >= 4 is 34.9 Å². The van der Waals surface area contributed by atoms with Crippen molar-refractivity contribution in [1.29, 1.82) is 5.41 Å². The molecule has 0 amide bonds. The second kappa shape index (κ2) is 4.07. The van der Waals surface area contributed by atoms with Crippen LogP contribution in [0.4, 0.5) is 0 Å². The van der Waals surface area contributed by atoms with E-state index in [1.54, 1.807) is 18.2 Å². The van der Waals surface area contributed by atoms with E-state index in [4.69, 9.17) is 33.7 Å². The summed E-state index contributed by atoms with van der Waals surface area (Å²) in [7, 11) is 0. The maximum absolute atomic E-state index is 10.7. The van der Waals surface area contributed by atoms with Crippen molar-refractivity contribution in [2.24, 2.45) is 11.8 Å². The summed E-state index contributed by atoms with van der Waals surface area (Å²) in [6.45, 7) is 0. The molecule has 1 aliphatic rings. The molecule has 0 aliphatic heterocycles. The van der Waals surface area contributed by atoms with Gasteiger partial charge in [0.2, 0.25) is 0 Å². The molecule has 16 heavy (non-hydrogen) atoms. The molecule has 0 unspecified atom stereocenters. The largest absolute Gasteiger partial charge is 0.481 e. The molecule has 1 fully saturated rings. The van der Waals surface area contributed by atoms with Gasteiger partial charge < -0.3 is 10.5 Å². The van der Waals surface area contributed by atoms with Crippen LogP contribution in [0.25, 0.3) is 0 Å². The number of rotatable bonds is 3. The van der Waals surface area contributed by atoms with Crippen molar-refractivity contribution in [1.82, 2.24) is 0 Å². The highest BCUT2D eigenvalue weighted by Crippen LogP contribution is 2.41. The number of halogens is 2. The fourth-order valence-electron chi connectivity index (χ4n) is 1.66. The van der Waals surface area contributed by atoms with Gasteiger partial charge in [-0.1, -0.05) is 29.3 Å². The standard InChI is InChI=1S/C11H9Cl2NO2/c12-8-2-1-5(3-9(8)13)10(14)6-4-7(6)11(15)16/h1-3,6-7,14H,4H2,(H,15,16)/t6-,7-/m0/s1. The number of benzene rings is 1. The molecule has 0 heterocycles. The summed E-state index contributed by atoms with van der Waals surface area (Å²) in [5, 5.41) is 17.5. The zero-order valence-corrected chi connectivity index (χ0v) is 9.72. The van der Waals surface area contributed by atoms with Crippen molar-refractivity contribution in [2.45, 2.75) is 6.42 Å². The molecule has 5 heteroatoms. The van der Waals surface area contributed by atoms with E-state index in [2.05, 4.69) is 0 Å². The SMILES string of the molecule is N=C(c1ccc(Cl)c(Cl)c1)[C@H]1C[C@@H]1C(=O)O. The van der Waals surface area contributed by atoms with Crippen LogP contribution in [0.15, 0.2) is 18.2 Å². The number of carbonyl (C=O) groups is 1. The minimum absolute atomic E-state index is 0.185. The normalized spacial score (nSPS) is 22.9. The average molecular weight is 258 g/mol. The number of aliphatic carboxylic acids is 1. The second-order valence-corrected chi connectivity index (χ2v) is 4.64. The zero-order chi connectivity index (χ0) is 11.9. The van der Waals surface area contributed by atoms with Crippen LogP contribution in [0.5, 0.6) is 0 Å². The Hall–Kier alpha value is -1.06. The van der Waals surface area contributed by atoms with Crippen LogP contribution in [0.1, 0.15) is 12.0 Å². The van der Waals surface area contributed by atoms with Gasteiger partial charge >= 0.3 is 5.97 Å². The van der Waals surface area contributed by atoms with Crippen molar-refractivity contribution in [2.75, 3.05) is 0 Å². The molecule has 1 saturated carbocycles. The van der Waals surface area contributed by atoms with E-state index in [0.717, 1.165) is 0 Å². The van der Waals surface area contributed by atoms with E-state index >= 15 is 0 Å². The molecule has 2 N–H and O–H groups in total. The van der Waals surface area contributed by atoms with Crippen LogP contribution in [0.3, 0.4) is 0 Å². The molecular formula is C11H9Cl2NO2. The number of hydrogen-bond acceptors (Lipinski definition) is 2. The molecular weight excluding hydrogens is 249 g/mol. The van der Waals surface area contributed by atoms with E-state index in [9.17, 15) is 4.79 Å². The third-order valence-corrected chi connectivity index (χ3v) is 3.45. The Morgan fingerprint density at radius 1 is 1.31 bits per heavy atom. The van der Waals surface area contributed by atoms with Crippen LogP contribution < -0.4 is 0 Å². The lowest BCUT2D eigenvalue weighted by Gasteiger charge is -2.04. The predicted octanol–water partition coefficient (Wildman–Crippen LogP) is 3.08. The summed E-state index contributed by atoms with van der Waals surface area (Å²) in [6.07, 6.45) is 0.536. The molecule has 0 saturated heterocycles. The van der Waals surface area contributed by atoms with Gasteiger partial charge in [0.1, 0.15) is 0 Å².